The summed E-state index contributed by atoms with van der Waals surface area (Å²) in [4.78, 5) is 12.6. The Morgan fingerprint density at radius 1 is 1.26 bits per heavy atom. The third-order valence-corrected chi connectivity index (χ3v) is 6.71. The SMILES string of the molecule is Cc1nn(C)c(Cl)c1C(=O)NCc1ccc(S(=O)(=O)N2CCOCC2)cc1. The monoisotopic (exact) mass is 412 g/mol. The van der Waals surface area contributed by atoms with Crippen molar-refractivity contribution in [2.75, 3.05) is 26.3 Å². The molecule has 0 aliphatic carbocycles. The van der Waals surface area contributed by atoms with Crippen LogP contribution in [0.3, 0.4) is 0 Å². The summed E-state index contributed by atoms with van der Waals surface area (Å²) in [6.45, 7) is 3.48. The van der Waals surface area contributed by atoms with Gasteiger partial charge in [0.1, 0.15) is 5.15 Å². The summed E-state index contributed by atoms with van der Waals surface area (Å²) in [6.07, 6.45) is 0. The van der Waals surface area contributed by atoms with Gasteiger partial charge in [-0.15, -0.1) is 0 Å². The van der Waals surface area contributed by atoms with E-state index >= 15 is 0 Å². The average Bonchev–Trinajstić information content (AvgIpc) is 2.92. The Morgan fingerprint density at radius 3 is 2.44 bits per heavy atom. The molecule has 0 atom stereocenters. The van der Waals surface area contributed by atoms with Crippen molar-refractivity contribution in [1.29, 1.82) is 0 Å². The van der Waals surface area contributed by atoms with Gasteiger partial charge in [0.15, 0.2) is 0 Å². The predicted octanol–water partition coefficient (Wildman–Crippen LogP) is 1.33. The van der Waals surface area contributed by atoms with Crippen LogP contribution in [0, 0.1) is 6.92 Å². The minimum Gasteiger partial charge on any atom is -0.379 e. The number of aromatic nitrogens is 2. The number of benzene rings is 1. The molecule has 1 aromatic heterocycles. The molecule has 146 valence electrons. The number of sulfonamides is 1. The zero-order valence-electron chi connectivity index (χ0n) is 15.1. The summed E-state index contributed by atoms with van der Waals surface area (Å²) in [5, 5.41) is 7.17. The first kappa shape index (κ1) is 19.8. The number of nitrogens with one attached hydrogen (secondary N) is 1. The smallest absolute Gasteiger partial charge is 0.256 e. The molecule has 3 rings (SSSR count). The van der Waals surface area contributed by atoms with Gasteiger partial charge in [0.25, 0.3) is 5.91 Å². The van der Waals surface area contributed by atoms with Crippen LogP contribution in [0.5, 0.6) is 0 Å². The molecule has 1 saturated heterocycles. The van der Waals surface area contributed by atoms with Crippen LogP contribution >= 0.6 is 11.6 Å². The van der Waals surface area contributed by atoms with Crippen LogP contribution in [0.15, 0.2) is 29.2 Å². The fourth-order valence-electron chi connectivity index (χ4n) is 2.87. The second kappa shape index (κ2) is 7.97. The standard InChI is InChI=1S/C17H21ClN4O4S/c1-12-15(16(18)21(2)20-12)17(23)19-11-13-3-5-14(6-4-13)27(24,25)22-7-9-26-10-8-22/h3-6H,7-11H2,1-2H3,(H,19,23). The molecule has 1 N–H and O–H groups in total. The molecular weight excluding hydrogens is 392 g/mol. The van der Waals surface area contributed by atoms with Crippen molar-refractivity contribution < 1.29 is 17.9 Å². The number of nitrogens with zero attached hydrogens (tertiary/aromatic N) is 3. The highest BCUT2D eigenvalue weighted by Gasteiger charge is 2.26. The van der Waals surface area contributed by atoms with Crippen molar-refractivity contribution in [2.45, 2.75) is 18.4 Å². The molecule has 1 aromatic carbocycles. The van der Waals surface area contributed by atoms with Crippen molar-refractivity contribution in [3.05, 3.63) is 46.2 Å². The molecule has 2 aromatic rings. The van der Waals surface area contributed by atoms with Gasteiger partial charge in [-0.2, -0.15) is 9.40 Å². The van der Waals surface area contributed by atoms with E-state index in [0.29, 0.717) is 37.6 Å². The number of halogens is 1. The molecule has 0 saturated carbocycles. The number of hydrogen-bond donors (Lipinski definition) is 1. The lowest BCUT2D eigenvalue weighted by atomic mass is 10.2. The Labute approximate surface area is 163 Å². The first-order chi connectivity index (χ1) is 12.8. The summed E-state index contributed by atoms with van der Waals surface area (Å²) in [7, 11) is -1.86. The number of amides is 1. The van der Waals surface area contributed by atoms with Gasteiger partial charge < -0.3 is 10.1 Å². The van der Waals surface area contributed by atoms with Crippen LogP contribution in [0.25, 0.3) is 0 Å². The minimum atomic E-state index is -3.52. The van der Waals surface area contributed by atoms with E-state index in [1.807, 2.05) is 0 Å². The van der Waals surface area contributed by atoms with Crippen LogP contribution in [0.1, 0.15) is 21.6 Å². The van der Waals surface area contributed by atoms with Crippen LogP contribution in [0.2, 0.25) is 5.15 Å². The summed E-state index contributed by atoms with van der Waals surface area (Å²) < 4.78 is 33.3. The Hall–Kier alpha value is -1.94. The van der Waals surface area contributed by atoms with Crippen molar-refractivity contribution in [3.8, 4) is 0 Å². The van der Waals surface area contributed by atoms with Gasteiger partial charge in [-0.05, 0) is 24.6 Å². The highest BCUT2D eigenvalue weighted by Crippen LogP contribution is 2.19. The zero-order chi connectivity index (χ0) is 19.6. The first-order valence-electron chi connectivity index (χ1n) is 8.45. The number of ether oxygens (including phenoxy) is 1. The predicted molar refractivity (Wildman–Crippen MR) is 100 cm³/mol. The Bertz CT molecular complexity index is 935. The number of carbonyl (C=O) groups excluding carboxylic acids is 1. The first-order valence-corrected chi connectivity index (χ1v) is 10.3. The largest absolute Gasteiger partial charge is 0.379 e. The number of carbonyl (C=O) groups is 1. The van der Waals surface area contributed by atoms with Crippen LogP contribution in [0.4, 0.5) is 0 Å². The van der Waals surface area contributed by atoms with E-state index in [9.17, 15) is 13.2 Å². The van der Waals surface area contributed by atoms with E-state index in [2.05, 4.69) is 10.4 Å². The van der Waals surface area contributed by atoms with Crippen LogP contribution in [-0.4, -0.2) is 54.7 Å². The lowest BCUT2D eigenvalue weighted by molar-refractivity contribution is 0.0730. The Balaban J connectivity index is 1.66. The number of rotatable bonds is 5. The molecule has 0 unspecified atom stereocenters. The summed E-state index contributed by atoms with van der Waals surface area (Å²) in [5.74, 6) is -0.324. The van der Waals surface area contributed by atoms with E-state index in [1.165, 1.54) is 8.99 Å². The molecule has 0 radical (unpaired) electrons. The number of hydrogen-bond acceptors (Lipinski definition) is 5. The zero-order valence-corrected chi connectivity index (χ0v) is 16.7. The van der Waals surface area contributed by atoms with Gasteiger partial charge in [0.05, 0.1) is 29.4 Å². The van der Waals surface area contributed by atoms with Crippen molar-refractivity contribution in [3.63, 3.8) is 0 Å². The average molecular weight is 413 g/mol. The molecule has 10 heteroatoms. The maximum atomic E-state index is 12.6. The molecule has 1 fully saturated rings. The number of morpholine rings is 1. The van der Waals surface area contributed by atoms with Crippen molar-refractivity contribution in [2.24, 2.45) is 7.05 Å². The van der Waals surface area contributed by atoms with Gasteiger partial charge in [0.2, 0.25) is 10.0 Å². The second-order valence-electron chi connectivity index (χ2n) is 6.22. The molecule has 2 heterocycles. The third-order valence-electron chi connectivity index (χ3n) is 4.36. The number of aryl methyl sites for hydroxylation is 2. The van der Waals surface area contributed by atoms with E-state index < -0.39 is 10.0 Å². The fraction of sp³-hybridized carbons (Fsp3) is 0.412. The van der Waals surface area contributed by atoms with Crippen LogP contribution < -0.4 is 5.32 Å². The third kappa shape index (κ3) is 4.16. The van der Waals surface area contributed by atoms with Gasteiger partial charge >= 0.3 is 0 Å². The minimum absolute atomic E-state index is 0.227. The molecule has 27 heavy (non-hydrogen) atoms. The Morgan fingerprint density at radius 2 is 1.89 bits per heavy atom. The molecular formula is C17H21ClN4O4S. The lowest BCUT2D eigenvalue weighted by Gasteiger charge is -2.26. The highest BCUT2D eigenvalue weighted by molar-refractivity contribution is 7.89. The maximum absolute atomic E-state index is 12.6. The molecule has 1 aliphatic heterocycles. The summed E-state index contributed by atoms with van der Waals surface area (Å²) in [5.41, 5.74) is 1.67. The van der Waals surface area contributed by atoms with Crippen molar-refractivity contribution >= 4 is 27.5 Å². The quantitative estimate of drug-likeness (QED) is 0.799. The summed E-state index contributed by atoms with van der Waals surface area (Å²) in [6, 6.07) is 6.47. The van der Waals surface area contributed by atoms with Gasteiger partial charge in [0, 0.05) is 26.7 Å². The lowest BCUT2D eigenvalue weighted by Crippen LogP contribution is -2.40. The maximum Gasteiger partial charge on any atom is 0.256 e. The van der Waals surface area contributed by atoms with E-state index in [4.69, 9.17) is 16.3 Å². The second-order valence-corrected chi connectivity index (χ2v) is 8.51. The molecule has 0 spiro atoms. The van der Waals surface area contributed by atoms with Crippen LogP contribution in [-0.2, 0) is 28.4 Å². The topological polar surface area (TPSA) is 93.5 Å². The fourth-order valence-corrected chi connectivity index (χ4v) is 4.54. The highest BCUT2D eigenvalue weighted by atomic mass is 35.5. The molecule has 0 bridgehead atoms. The van der Waals surface area contributed by atoms with Crippen molar-refractivity contribution in [1.82, 2.24) is 19.4 Å². The van der Waals surface area contributed by atoms with E-state index in [-0.39, 0.29) is 22.5 Å². The van der Waals surface area contributed by atoms with E-state index in [0.717, 1.165) is 5.56 Å². The van der Waals surface area contributed by atoms with Gasteiger partial charge in [-0.1, -0.05) is 23.7 Å². The summed E-state index contributed by atoms with van der Waals surface area (Å²) >= 11 is 6.09. The Kier molecular flexibility index (Phi) is 5.85. The van der Waals surface area contributed by atoms with Gasteiger partial charge in [-0.25, -0.2) is 8.42 Å². The normalized spacial score (nSPS) is 15.7. The van der Waals surface area contributed by atoms with Gasteiger partial charge in [-0.3, -0.25) is 9.48 Å². The van der Waals surface area contributed by atoms with E-state index in [1.54, 1.807) is 38.2 Å². The molecule has 1 amide bonds. The molecule has 8 nitrogen and oxygen atoms in total. The molecule has 1 aliphatic rings.